The summed E-state index contributed by atoms with van der Waals surface area (Å²) < 4.78 is 25.2. The van der Waals surface area contributed by atoms with Crippen LogP contribution in [0.4, 0.5) is 15.9 Å². The van der Waals surface area contributed by atoms with E-state index in [4.69, 9.17) is 21.3 Å². The van der Waals surface area contributed by atoms with Gasteiger partial charge in [0.2, 0.25) is 11.8 Å². The Bertz CT molecular complexity index is 2640. The first-order valence-electron chi connectivity index (χ1n) is 21.7. The third-order valence-corrected chi connectivity index (χ3v) is 12.8. The lowest BCUT2D eigenvalue weighted by Crippen LogP contribution is -2.46. The molecule has 1 aliphatic carbocycles. The highest BCUT2D eigenvalue weighted by Crippen LogP contribution is 2.39. The Labute approximate surface area is 369 Å². The molecule has 2 saturated heterocycles. The highest BCUT2D eigenvalue weighted by atomic mass is 35.5. The maximum absolute atomic E-state index is 14.1. The largest absolute Gasteiger partial charge is 0.393 e. The second-order valence-electron chi connectivity index (χ2n) is 16.9. The monoisotopic (exact) mass is 875 g/mol. The fraction of sp³-hybridized carbons (Fsp3) is 0.404. The number of piperidine rings is 1. The predicted octanol–water partition coefficient (Wildman–Crippen LogP) is 5.48. The molecule has 2 unspecified atom stereocenters. The van der Waals surface area contributed by atoms with Gasteiger partial charge in [-0.25, -0.2) is 14.2 Å². The van der Waals surface area contributed by atoms with Crippen molar-refractivity contribution in [2.45, 2.75) is 69.5 Å². The molecule has 16 heteroatoms. The van der Waals surface area contributed by atoms with Crippen LogP contribution in [0.15, 0.2) is 76.6 Å². The van der Waals surface area contributed by atoms with Crippen molar-refractivity contribution in [1.82, 2.24) is 28.8 Å². The Morgan fingerprint density at radius 3 is 2.49 bits per heavy atom. The lowest BCUT2D eigenvalue weighted by Gasteiger charge is -2.34. The minimum atomic E-state index is -0.724. The minimum absolute atomic E-state index is 0.194. The number of halogens is 2. The molecular weight excluding hydrogens is 825 g/mol. The van der Waals surface area contributed by atoms with Gasteiger partial charge in [-0.3, -0.25) is 33.8 Å². The highest BCUT2D eigenvalue weighted by Gasteiger charge is 2.32. The van der Waals surface area contributed by atoms with Crippen molar-refractivity contribution in [3.8, 4) is 23.0 Å². The third kappa shape index (κ3) is 9.46. The molecule has 3 aromatic carbocycles. The van der Waals surface area contributed by atoms with Gasteiger partial charge in [0.05, 0.1) is 23.7 Å². The number of carbonyl (C=O) groups excluding carboxylic acids is 2. The van der Waals surface area contributed by atoms with Crippen molar-refractivity contribution in [2.24, 2.45) is 12.0 Å². The summed E-state index contributed by atoms with van der Waals surface area (Å²) in [4.78, 5) is 46.8. The lowest BCUT2D eigenvalue weighted by atomic mass is 9.93. The Kier molecular flexibility index (Phi) is 12.5. The molecule has 14 nitrogen and oxygen atoms in total. The molecule has 0 radical (unpaired) electrons. The highest BCUT2D eigenvalue weighted by molar-refractivity contribution is 6.30. The van der Waals surface area contributed by atoms with E-state index in [-0.39, 0.29) is 43.2 Å². The maximum atomic E-state index is 14.1. The Morgan fingerprint density at radius 2 is 1.73 bits per heavy atom. The van der Waals surface area contributed by atoms with Gasteiger partial charge in [-0.1, -0.05) is 47.7 Å². The molecule has 0 spiro atoms. The molecule has 2 amide bonds. The van der Waals surface area contributed by atoms with Gasteiger partial charge < -0.3 is 25.0 Å². The summed E-state index contributed by atoms with van der Waals surface area (Å²) in [6.07, 6.45) is 7.09. The van der Waals surface area contributed by atoms with Gasteiger partial charge in [0.25, 0.3) is 0 Å². The van der Waals surface area contributed by atoms with Gasteiger partial charge in [-0.05, 0) is 79.6 Å². The summed E-state index contributed by atoms with van der Waals surface area (Å²) in [7, 11) is 1.67. The average Bonchev–Trinajstić information content (AvgIpc) is 3.76. The lowest BCUT2D eigenvalue weighted by molar-refractivity contribution is -0.135. The molecule has 4 aliphatic rings. The number of rotatable bonds is 11. The first-order valence-corrected chi connectivity index (χ1v) is 22.0. The fourth-order valence-corrected chi connectivity index (χ4v) is 9.43. The van der Waals surface area contributed by atoms with Crippen LogP contribution in [0.1, 0.15) is 67.3 Å². The van der Waals surface area contributed by atoms with Crippen molar-refractivity contribution in [3.63, 3.8) is 0 Å². The normalized spacial score (nSPS) is 21.7. The van der Waals surface area contributed by atoms with Gasteiger partial charge in [0.1, 0.15) is 24.3 Å². The number of aromatic nitrogens is 3. The van der Waals surface area contributed by atoms with E-state index < -0.39 is 24.1 Å². The zero-order chi connectivity index (χ0) is 43.6. The number of carbonyl (C=O) groups is 2. The van der Waals surface area contributed by atoms with Gasteiger partial charge >= 0.3 is 5.69 Å². The maximum Gasteiger partial charge on any atom is 0.329 e. The number of aliphatic hydroxyl groups excluding tert-OH is 1. The van der Waals surface area contributed by atoms with Crippen molar-refractivity contribution in [3.05, 3.63) is 105 Å². The van der Waals surface area contributed by atoms with E-state index in [2.05, 4.69) is 72.6 Å². The number of fused-ring (bicyclic) bond motifs is 2. The number of benzene rings is 3. The molecule has 3 fully saturated rings. The Hall–Kier alpha value is -5.76. The Balaban J connectivity index is 0.756. The molecule has 5 aromatic rings. The number of ether oxygens (including phenoxy) is 1. The van der Waals surface area contributed by atoms with E-state index in [0.717, 1.165) is 93.0 Å². The van der Waals surface area contributed by atoms with Crippen molar-refractivity contribution >= 4 is 52.2 Å². The second kappa shape index (κ2) is 18.5. The quantitative estimate of drug-likeness (QED) is 0.0769. The zero-order valence-electron chi connectivity index (χ0n) is 35.2. The number of amides is 2. The van der Waals surface area contributed by atoms with Crippen molar-refractivity contribution in [1.29, 1.82) is 0 Å². The number of aryl methyl sites for hydroxylation is 1. The second-order valence-corrected chi connectivity index (χ2v) is 17.3. The molecule has 9 rings (SSSR count). The van der Waals surface area contributed by atoms with E-state index >= 15 is 0 Å². The van der Waals surface area contributed by atoms with Crippen molar-refractivity contribution < 1.29 is 23.8 Å². The summed E-state index contributed by atoms with van der Waals surface area (Å²) in [5, 5.41) is 19.7. The van der Waals surface area contributed by atoms with Crippen LogP contribution >= 0.6 is 11.6 Å². The number of hydrogen-bond acceptors (Lipinski definition) is 10. The van der Waals surface area contributed by atoms with Gasteiger partial charge in [-0.15, -0.1) is 0 Å². The molecule has 0 bridgehead atoms. The number of aliphatic imine (C=N–C) groups is 1. The van der Waals surface area contributed by atoms with Crippen LogP contribution < -0.4 is 21.6 Å². The van der Waals surface area contributed by atoms with Gasteiger partial charge in [0, 0.05) is 98.6 Å². The van der Waals surface area contributed by atoms with E-state index in [1.807, 2.05) is 18.3 Å². The molecule has 5 heterocycles. The fourth-order valence-electron chi connectivity index (χ4n) is 9.21. The third-order valence-electron chi connectivity index (χ3n) is 12.6. The van der Waals surface area contributed by atoms with Crippen LogP contribution in [0.25, 0.3) is 22.2 Å². The standard InChI is InChI=1S/C47H51ClFN9O5/c1-54-42-23-30(6-13-40(42)58(47(54)62)41-14-15-43(60)52-45(41)61)3-2-21-63-22-20-55-16-18-56(19-17-55)28-31-4-7-32(8-5-31)39-29-57(36-9-11-37(59)12-10-36)44-38(39)27-50-46(53-44)51-35-25-33(48)24-34(49)26-35/h4-8,13,23-27,29,36-37,41,46,51,53,59H,9-12,14-22,28H2,1H3,(H,52,60,61). The van der Waals surface area contributed by atoms with E-state index in [1.165, 1.54) is 26.8 Å². The number of imidazole rings is 1. The molecule has 1 saturated carbocycles. The SMILES string of the molecule is Cn1c(=O)n(C2CCC(=O)NC2=O)c2ccc(C#CCOCCN3CCN(Cc4ccc(-c5cn(C6CCC(O)CC6)c6c5C=NC(Nc5cc(F)cc(Cl)c5)N6)cc4)CC3)cc21. The van der Waals surface area contributed by atoms with Crippen LogP contribution in [0.3, 0.4) is 0 Å². The van der Waals surface area contributed by atoms with Crippen LogP contribution in [-0.4, -0.2) is 105 Å². The molecule has 3 aliphatic heterocycles. The summed E-state index contributed by atoms with van der Waals surface area (Å²) in [6.45, 7) is 6.39. The van der Waals surface area contributed by atoms with E-state index in [1.54, 1.807) is 19.2 Å². The molecule has 63 heavy (non-hydrogen) atoms. The summed E-state index contributed by atoms with van der Waals surface area (Å²) in [5.41, 5.74) is 6.71. The first-order chi connectivity index (χ1) is 30.6. The van der Waals surface area contributed by atoms with E-state index in [9.17, 15) is 23.9 Å². The average molecular weight is 876 g/mol. The molecule has 2 atom stereocenters. The van der Waals surface area contributed by atoms with Crippen LogP contribution in [-0.2, 0) is 27.9 Å². The van der Waals surface area contributed by atoms with Crippen molar-refractivity contribution in [2.75, 3.05) is 56.6 Å². The Morgan fingerprint density at radius 1 is 0.952 bits per heavy atom. The molecule has 328 valence electrons. The van der Waals surface area contributed by atoms with E-state index in [0.29, 0.717) is 28.4 Å². The zero-order valence-corrected chi connectivity index (χ0v) is 35.9. The van der Waals surface area contributed by atoms with Crippen LogP contribution in [0.2, 0.25) is 5.02 Å². The molecule has 4 N–H and O–H groups in total. The number of nitrogens with zero attached hydrogens (tertiary/aromatic N) is 6. The number of imide groups is 1. The summed E-state index contributed by atoms with van der Waals surface area (Å²) in [6, 6.07) is 18.1. The predicted molar refractivity (Wildman–Crippen MR) is 241 cm³/mol. The number of nitrogens with one attached hydrogen (secondary N) is 3. The first kappa shape index (κ1) is 42.5. The minimum Gasteiger partial charge on any atom is -0.393 e. The number of anilines is 2. The topological polar surface area (TPSA) is 150 Å². The number of hydrogen-bond donors (Lipinski definition) is 4. The smallest absolute Gasteiger partial charge is 0.329 e. The van der Waals surface area contributed by atoms with Gasteiger partial charge in [0.15, 0.2) is 6.29 Å². The molecular formula is C47H51ClFN9O5. The van der Waals surface area contributed by atoms with Gasteiger partial charge in [-0.2, -0.15) is 0 Å². The molecule has 2 aromatic heterocycles. The summed E-state index contributed by atoms with van der Waals surface area (Å²) >= 11 is 6.11. The summed E-state index contributed by atoms with van der Waals surface area (Å²) in [5.74, 6) is 5.97. The number of piperazine rings is 1. The van der Waals surface area contributed by atoms with Crippen LogP contribution in [0, 0.1) is 17.7 Å². The van der Waals surface area contributed by atoms with Crippen LogP contribution in [0.5, 0.6) is 0 Å². The number of aliphatic hydroxyl groups is 1.